The normalized spacial score (nSPS) is 12.9. The first kappa shape index (κ1) is 17.9. The molecule has 4 nitrogen and oxygen atoms in total. The molecule has 0 spiro atoms. The summed E-state index contributed by atoms with van der Waals surface area (Å²) >= 11 is 0. The Labute approximate surface area is 136 Å². The van der Waals surface area contributed by atoms with Gasteiger partial charge in [0, 0.05) is 12.5 Å². The molecule has 0 saturated carbocycles. The molecular weight excluding hydrogens is 321 g/mol. The number of rotatable bonds is 5. The Bertz CT molecular complexity index is 780. The van der Waals surface area contributed by atoms with E-state index >= 15 is 0 Å². The number of aryl methyl sites for hydroxylation is 1. The van der Waals surface area contributed by atoms with Gasteiger partial charge in [-0.3, -0.25) is 9.59 Å². The number of hydrogen-bond donors (Lipinski definition) is 1. The van der Waals surface area contributed by atoms with E-state index in [1.165, 1.54) is 12.1 Å². The molecule has 24 heavy (non-hydrogen) atoms. The van der Waals surface area contributed by atoms with Crippen LogP contribution in [0.2, 0.25) is 0 Å². The molecule has 128 valence electrons. The second-order valence-electron chi connectivity index (χ2n) is 5.78. The Morgan fingerprint density at radius 2 is 1.88 bits per heavy atom. The summed E-state index contributed by atoms with van der Waals surface area (Å²) in [5, 5.41) is 0. The molecule has 2 rings (SSSR count). The lowest BCUT2D eigenvalue weighted by Crippen LogP contribution is -2.15. The van der Waals surface area contributed by atoms with E-state index in [1.54, 1.807) is 26.0 Å². The minimum absolute atomic E-state index is 0.0943. The van der Waals surface area contributed by atoms with Gasteiger partial charge in [0.2, 0.25) is 0 Å². The molecule has 0 aliphatic heterocycles. The van der Waals surface area contributed by atoms with Crippen LogP contribution in [0.15, 0.2) is 35.1 Å². The Morgan fingerprint density at radius 3 is 2.42 bits per heavy atom. The van der Waals surface area contributed by atoms with Crippen LogP contribution in [0.1, 0.15) is 46.7 Å². The number of halogens is 3. The summed E-state index contributed by atoms with van der Waals surface area (Å²) < 4.78 is 37.0. The smallest absolute Gasteiger partial charge is 0.311 e. The van der Waals surface area contributed by atoms with E-state index in [0.29, 0.717) is 5.82 Å². The van der Waals surface area contributed by atoms with Gasteiger partial charge in [0.15, 0.2) is 5.78 Å². The number of alkyl halides is 3. The van der Waals surface area contributed by atoms with Crippen molar-refractivity contribution in [2.75, 3.05) is 0 Å². The van der Waals surface area contributed by atoms with Crippen LogP contribution in [-0.2, 0) is 6.42 Å². The Hall–Kier alpha value is -2.44. The summed E-state index contributed by atoms with van der Waals surface area (Å²) in [5.74, 6) is -0.120. The lowest BCUT2D eigenvalue weighted by Gasteiger charge is -2.12. The number of ketones is 1. The number of hydrogen-bond acceptors (Lipinski definition) is 3. The van der Waals surface area contributed by atoms with Gasteiger partial charge in [0.1, 0.15) is 11.5 Å². The molecule has 1 aromatic heterocycles. The number of H-pyrrole nitrogens is 1. The third kappa shape index (κ3) is 5.04. The lowest BCUT2D eigenvalue weighted by molar-refractivity contribution is -0.127. The van der Waals surface area contributed by atoms with Crippen molar-refractivity contribution in [2.24, 2.45) is 0 Å². The largest absolute Gasteiger partial charge is 0.393 e. The number of Topliss-reactive ketones (excluding diaryl/α,β-unsaturated/α-hetero) is 1. The third-order valence-corrected chi connectivity index (χ3v) is 3.59. The fourth-order valence-corrected chi connectivity index (χ4v) is 2.42. The predicted molar refractivity (Wildman–Crippen MR) is 83.2 cm³/mol. The first-order valence-corrected chi connectivity index (χ1v) is 7.41. The van der Waals surface area contributed by atoms with Gasteiger partial charge in [-0.25, -0.2) is 4.98 Å². The van der Waals surface area contributed by atoms with Crippen LogP contribution in [0, 0.1) is 6.92 Å². The van der Waals surface area contributed by atoms with Crippen LogP contribution in [0.25, 0.3) is 0 Å². The quantitative estimate of drug-likeness (QED) is 0.848. The average Bonchev–Trinajstić information content (AvgIpc) is 2.45. The number of benzene rings is 1. The maximum absolute atomic E-state index is 12.3. The van der Waals surface area contributed by atoms with Crippen LogP contribution in [0.3, 0.4) is 0 Å². The maximum atomic E-state index is 12.3. The molecule has 0 radical (unpaired) electrons. The summed E-state index contributed by atoms with van der Waals surface area (Å²) in [6, 6.07) is 7.17. The lowest BCUT2D eigenvalue weighted by atomic mass is 9.93. The van der Waals surface area contributed by atoms with Gasteiger partial charge in [0.25, 0.3) is 5.56 Å². The molecule has 0 fully saturated rings. The Kier molecular flexibility index (Phi) is 5.21. The van der Waals surface area contributed by atoms with E-state index < -0.39 is 18.2 Å². The van der Waals surface area contributed by atoms with Gasteiger partial charge < -0.3 is 4.98 Å². The molecule has 7 heteroatoms. The molecule has 0 amide bonds. The molecule has 2 aromatic rings. The zero-order valence-corrected chi connectivity index (χ0v) is 13.3. The highest BCUT2D eigenvalue weighted by Gasteiger charge is 2.27. The number of nitrogens with zero attached hydrogens (tertiary/aromatic N) is 1. The minimum atomic E-state index is -4.24. The molecule has 0 saturated heterocycles. The van der Waals surface area contributed by atoms with Gasteiger partial charge in [-0.05, 0) is 24.0 Å². The van der Waals surface area contributed by atoms with Crippen molar-refractivity contribution >= 4 is 5.78 Å². The van der Waals surface area contributed by atoms with Crippen LogP contribution < -0.4 is 5.56 Å². The zero-order valence-electron chi connectivity index (χ0n) is 13.3. The first-order valence-electron chi connectivity index (χ1n) is 7.41. The fourth-order valence-electron chi connectivity index (χ4n) is 2.42. The van der Waals surface area contributed by atoms with Crippen molar-refractivity contribution in [1.82, 2.24) is 9.97 Å². The third-order valence-electron chi connectivity index (χ3n) is 3.59. The first-order chi connectivity index (χ1) is 11.1. The molecule has 0 aliphatic rings. The van der Waals surface area contributed by atoms with Crippen LogP contribution in [0.5, 0.6) is 0 Å². The van der Waals surface area contributed by atoms with Crippen molar-refractivity contribution in [3.05, 3.63) is 63.3 Å². The second-order valence-corrected chi connectivity index (χ2v) is 5.78. The summed E-state index contributed by atoms with van der Waals surface area (Å²) in [7, 11) is 0. The number of carbonyl (C=O) groups excluding carboxylic acids is 1. The van der Waals surface area contributed by atoms with E-state index in [4.69, 9.17) is 0 Å². The van der Waals surface area contributed by atoms with E-state index in [0.717, 1.165) is 11.6 Å². The Balaban J connectivity index is 2.07. The fraction of sp³-hybridized carbons (Fsp3) is 0.353. The van der Waals surface area contributed by atoms with Crippen molar-refractivity contribution in [1.29, 1.82) is 0 Å². The van der Waals surface area contributed by atoms with Crippen molar-refractivity contribution in [3.8, 4) is 0 Å². The number of carbonyl (C=O) groups is 1. The molecule has 1 N–H and O–H groups in total. The summed E-state index contributed by atoms with van der Waals surface area (Å²) in [6.07, 6.45) is -5.10. The molecular formula is C17H17F3N2O2. The van der Waals surface area contributed by atoms with E-state index in [2.05, 4.69) is 9.97 Å². The summed E-state index contributed by atoms with van der Waals surface area (Å²) in [4.78, 5) is 30.1. The van der Waals surface area contributed by atoms with E-state index in [9.17, 15) is 22.8 Å². The zero-order chi connectivity index (χ0) is 17.9. The molecule has 1 atom stereocenters. The highest BCUT2D eigenvalue weighted by atomic mass is 19.4. The standard InChI is InChI=1S/C17H17F3N2O2/c1-10(7-15(23)14-8-16(24)22-11(2)21-14)13-5-3-12(4-6-13)9-17(18,19)20/h3-6,8,10H,7,9H2,1-2H3,(H,21,22,24)/t10-/m0/s1. The molecule has 0 unspecified atom stereocenters. The van der Waals surface area contributed by atoms with Crippen molar-refractivity contribution in [3.63, 3.8) is 0 Å². The van der Waals surface area contributed by atoms with Gasteiger partial charge in [-0.15, -0.1) is 0 Å². The average molecular weight is 338 g/mol. The van der Waals surface area contributed by atoms with E-state index in [1.807, 2.05) is 0 Å². The molecule has 1 heterocycles. The topological polar surface area (TPSA) is 62.8 Å². The second kappa shape index (κ2) is 6.98. The molecule has 0 bridgehead atoms. The number of aromatic amines is 1. The van der Waals surface area contributed by atoms with Crippen molar-refractivity contribution in [2.45, 2.75) is 38.8 Å². The number of nitrogens with one attached hydrogen (secondary N) is 1. The monoisotopic (exact) mass is 338 g/mol. The highest BCUT2D eigenvalue weighted by molar-refractivity contribution is 5.94. The number of aromatic nitrogens is 2. The molecule has 0 aliphatic carbocycles. The van der Waals surface area contributed by atoms with Gasteiger partial charge >= 0.3 is 6.18 Å². The Morgan fingerprint density at radius 1 is 1.25 bits per heavy atom. The van der Waals surface area contributed by atoms with Crippen LogP contribution >= 0.6 is 0 Å². The van der Waals surface area contributed by atoms with Gasteiger partial charge in [0.05, 0.1) is 6.42 Å². The van der Waals surface area contributed by atoms with Gasteiger partial charge in [-0.2, -0.15) is 13.2 Å². The highest BCUT2D eigenvalue weighted by Crippen LogP contribution is 2.24. The van der Waals surface area contributed by atoms with Crippen molar-refractivity contribution < 1.29 is 18.0 Å². The van der Waals surface area contributed by atoms with Crippen LogP contribution in [-0.4, -0.2) is 21.9 Å². The summed E-state index contributed by atoms with van der Waals surface area (Å²) in [5.41, 5.74) is 0.638. The maximum Gasteiger partial charge on any atom is 0.393 e. The predicted octanol–water partition coefficient (Wildman–Crippen LogP) is 3.56. The summed E-state index contributed by atoms with van der Waals surface area (Å²) in [6.45, 7) is 3.39. The SMILES string of the molecule is Cc1nc(C(=O)C[C@H](C)c2ccc(CC(F)(F)F)cc2)cc(=O)[nH]1. The molecule has 1 aromatic carbocycles. The van der Waals surface area contributed by atoms with E-state index in [-0.39, 0.29) is 29.4 Å². The minimum Gasteiger partial charge on any atom is -0.311 e. The van der Waals surface area contributed by atoms with Gasteiger partial charge in [-0.1, -0.05) is 31.2 Å². The van der Waals surface area contributed by atoms with Crippen LogP contribution in [0.4, 0.5) is 13.2 Å².